The summed E-state index contributed by atoms with van der Waals surface area (Å²) in [6.45, 7) is 0.972. The Bertz CT molecular complexity index is 288. The molecule has 4 heteroatoms. The predicted molar refractivity (Wildman–Crippen MR) is 52.9 cm³/mol. The molecule has 3 aliphatic rings. The van der Waals surface area contributed by atoms with Crippen molar-refractivity contribution < 1.29 is 14.4 Å². The lowest BCUT2D eigenvalue weighted by atomic mass is 9.88. The molecule has 3 fully saturated rings. The number of rotatable bonds is 1. The van der Waals surface area contributed by atoms with E-state index < -0.39 is 0 Å². The van der Waals surface area contributed by atoms with Crippen molar-refractivity contribution in [3.63, 3.8) is 0 Å². The van der Waals surface area contributed by atoms with E-state index in [1.165, 1.54) is 20.0 Å². The first-order chi connectivity index (χ1) is 7.27. The van der Waals surface area contributed by atoms with Gasteiger partial charge in [-0.05, 0) is 25.7 Å². The average molecular weight is 211 g/mol. The van der Waals surface area contributed by atoms with Crippen LogP contribution in [0.2, 0.25) is 0 Å². The Kier molecular flexibility index (Phi) is 2.04. The summed E-state index contributed by atoms with van der Waals surface area (Å²) in [5.41, 5.74) is -0.178. The Hall–Kier alpha value is -0.610. The monoisotopic (exact) mass is 211 g/mol. The quantitative estimate of drug-likeness (QED) is 0.609. The van der Waals surface area contributed by atoms with Gasteiger partial charge in [0.25, 0.3) is 0 Å². The van der Waals surface area contributed by atoms with Gasteiger partial charge in [0.1, 0.15) is 11.5 Å². The first-order valence-corrected chi connectivity index (χ1v) is 5.80. The maximum atomic E-state index is 11.8. The zero-order chi connectivity index (χ0) is 10.5. The van der Waals surface area contributed by atoms with Crippen LogP contribution >= 0.6 is 0 Å². The summed E-state index contributed by atoms with van der Waals surface area (Å²) in [6.07, 6.45) is 5.48. The Morgan fingerprint density at radius 2 is 2.27 bits per heavy atom. The third-order valence-corrected chi connectivity index (χ3v) is 3.95. The summed E-state index contributed by atoms with van der Waals surface area (Å²) in [6, 6.07) is 0.272. The summed E-state index contributed by atoms with van der Waals surface area (Å²) in [7, 11) is 1.48. The summed E-state index contributed by atoms with van der Waals surface area (Å²) in [4.78, 5) is 17.7. The number of esters is 1. The highest BCUT2D eigenvalue weighted by atomic mass is 16.7. The van der Waals surface area contributed by atoms with E-state index in [0.29, 0.717) is 0 Å². The average Bonchev–Trinajstić information content (AvgIpc) is 2.93. The van der Waals surface area contributed by atoms with Gasteiger partial charge in [-0.2, -0.15) is 5.06 Å². The van der Waals surface area contributed by atoms with Gasteiger partial charge in [-0.1, -0.05) is 6.42 Å². The standard InChI is InChI=1S/C11H17NO3/c1-14-10(13)9-8-4-2-3-7-12(8)15-11(9)5-6-11/h8-9H,2-7H2,1H3/t8-,9+/m1/s1. The molecule has 2 saturated heterocycles. The molecule has 84 valence electrons. The minimum absolute atomic E-state index is 0.0391. The van der Waals surface area contributed by atoms with Gasteiger partial charge >= 0.3 is 5.97 Å². The normalized spacial score (nSPS) is 37.7. The molecule has 1 saturated carbocycles. The Morgan fingerprint density at radius 1 is 1.47 bits per heavy atom. The van der Waals surface area contributed by atoms with E-state index in [-0.39, 0.29) is 23.5 Å². The largest absolute Gasteiger partial charge is 0.469 e. The number of ether oxygens (including phenoxy) is 1. The smallest absolute Gasteiger partial charge is 0.313 e. The highest BCUT2D eigenvalue weighted by Crippen LogP contribution is 2.55. The van der Waals surface area contributed by atoms with Crippen LogP contribution in [0.3, 0.4) is 0 Å². The number of hydrogen-bond acceptors (Lipinski definition) is 4. The zero-order valence-corrected chi connectivity index (χ0v) is 9.07. The fourth-order valence-corrected chi connectivity index (χ4v) is 3.04. The van der Waals surface area contributed by atoms with Crippen LogP contribution < -0.4 is 0 Å². The van der Waals surface area contributed by atoms with Gasteiger partial charge in [-0.25, -0.2) is 0 Å². The van der Waals surface area contributed by atoms with E-state index in [0.717, 1.165) is 25.8 Å². The molecule has 0 amide bonds. The molecule has 0 aromatic heterocycles. The van der Waals surface area contributed by atoms with E-state index in [1.54, 1.807) is 0 Å². The van der Waals surface area contributed by atoms with Crippen molar-refractivity contribution in [1.82, 2.24) is 5.06 Å². The molecule has 0 aromatic carbocycles. The third-order valence-electron chi connectivity index (χ3n) is 3.95. The minimum atomic E-state index is -0.178. The van der Waals surface area contributed by atoms with E-state index in [1.807, 2.05) is 5.06 Å². The lowest BCUT2D eigenvalue weighted by Gasteiger charge is -2.28. The lowest BCUT2D eigenvalue weighted by Crippen LogP contribution is -2.40. The van der Waals surface area contributed by atoms with Crippen molar-refractivity contribution in [2.75, 3.05) is 13.7 Å². The zero-order valence-electron chi connectivity index (χ0n) is 9.07. The first kappa shape index (κ1) is 9.60. The van der Waals surface area contributed by atoms with Gasteiger partial charge < -0.3 is 4.74 Å². The topological polar surface area (TPSA) is 38.8 Å². The summed E-state index contributed by atoms with van der Waals surface area (Å²) in [5.74, 6) is -0.121. The fraction of sp³-hybridized carbons (Fsp3) is 0.909. The number of carbonyl (C=O) groups is 1. The second-order valence-electron chi connectivity index (χ2n) is 4.86. The minimum Gasteiger partial charge on any atom is -0.469 e. The summed E-state index contributed by atoms with van der Waals surface area (Å²) >= 11 is 0. The van der Waals surface area contributed by atoms with Crippen LogP contribution in [0, 0.1) is 5.92 Å². The molecule has 2 atom stereocenters. The molecule has 2 heterocycles. The molecule has 0 bridgehead atoms. The highest BCUT2D eigenvalue weighted by Gasteiger charge is 2.65. The Labute approximate surface area is 89.5 Å². The van der Waals surface area contributed by atoms with Crippen molar-refractivity contribution >= 4 is 5.97 Å². The third kappa shape index (κ3) is 1.31. The molecule has 0 aromatic rings. The number of carbonyl (C=O) groups excluding carboxylic acids is 1. The first-order valence-electron chi connectivity index (χ1n) is 5.80. The molecule has 2 aliphatic heterocycles. The Morgan fingerprint density at radius 3 is 2.93 bits per heavy atom. The molecule has 0 unspecified atom stereocenters. The van der Waals surface area contributed by atoms with Crippen molar-refractivity contribution in [3.05, 3.63) is 0 Å². The SMILES string of the molecule is COC(=O)[C@@H]1[C@H]2CCCCN2OC12CC2. The van der Waals surface area contributed by atoms with E-state index in [9.17, 15) is 4.79 Å². The molecule has 0 N–H and O–H groups in total. The highest BCUT2D eigenvalue weighted by molar-refractivity contribution is 5.75. The second-order valence-corrected chi connectivity index (χ2v) is 4.86. The van der Waals surface area contributed by atoms with Gasteiger partial charge in [0.15, 0.2) is 0 Å². The molecular weight excluding hydrogens is 194 g/mol. The van der Waals surface area contributed by atoms with Crippen molar-refractivity contribution in [2.24, 2.45) is 5.92 Å². The molecular formula is C11H17NO3. The molecule has 1 spiro atoms. The number of nitrogens with zero attached hydrogens (tertiary/aromatic N) is 1. The van der Waals surface area contributed by atoms with Crippen LogP contribution in [-0.2, 0) is 14.4 Å². The van der Waals surface area contributed by atoms with Gasteiger partial charge in [-0.3, -0.25) is 9.63 Å². The summed E-state index contributed by atoms with van der Waals surface area (Å²) in [5, 5.41) is 2.04. The molecule has 0 radical (unpaired) electrons. The van der Waals surface area contributed by atoms with Gasteiger partial charge in [0.2, 0.25) is 0 Å². The van der Waals surface area contributed by atoms with E-state index >= 15 is 0 Å². The maximum absolute atomic E-state index is 11.8. The van der Waals surface area contributed by atoms with Gasteiger partial charge in [-0.15, -0.1) is 0 Å². The van der Waals surface area contributed by atoms with Crippen molar-refractivity contribution in [3.8, 4) is 0 Å². The molecule has 15 heavy (non-hydrogen) atoms. The maximum Gasteiger partial charge on any atom is 0.313 e. The molecule has 3 rings (SSSR count). The summed E-state index contributed by atoms with van der Waals surface area (Å²) < 4.78 is 4.91. The van der Waals surface area contributed by atoms with Crippen LogP contribution in [0.5, 0.6) is 0 Å². The van der Waals surface area contributed by atoms with Crippen LogP contribution in [0.25, 0.3) is 0 Å². The lowest BCUT2D eigenvalue weighted by molar-refractivity contribution is -0.181. The predicted octanol–water partition coefficient (Wildman–Crippen LogP) is 1.11. The van der Waals surface area contributed by atoms with Gasteiger partial charge in [0.05, 0.1) is 13.2 Å². The number of fused-ring (bicyclic) bond motifs is 1. The van der Waals surface area contributed by atoms with Crippen molar-refractivity contribution in [1.29, 1.82) is 0 Å². The van der Waals surface area contributed by atoms with Crippen LogP contribution in [-0.4, -0.2) is 36.3 Å². The number of hydroxylamine groups is 2. The molecule has 4 nitrogen and oxygen atoms in total. The second kappa shape index (κ2) is 3.19. The molecule has 1 aliphatic carbocycles. The van der Waals surface area contributed by atoms with Crippen LogP contribution in [0.1, 0.15) is 32.1 Å². The number of methoxy groups -OCH3 is 1. The number of piperidine rings is 1. The Balaban J connectivity index is 1.86. The van der Waals surface area contributed by atoms with E-state index in [4.69, 9.17) is 9.57 Å². The fourth-order valence-electron chi connectivity index (χ4n) is 3.04. The van der Waals surface area contributed by atoms with E-state index in [2.05, 4.69) is 0 Å². The van der Waals surface area contributed by atoms with Crippen LogP contribution in [0.4, 0.5) is 0 Å². The number of hydrogen-bond donors (Lipinski definition) is 0. The van der Waals surface area contributed by atoms with Crippen LogP contribution in [0.15, 0.2) is 0 Å². The van der Waals surface area contributed by atoms with Gasteiger partial charge in [0, 0.05) is 6.54 Å². The van der Waals surface area contributed by atoms with Crippen molar-refractivity contribution in [2.45, 2.75) is 43.7 Å².